The normalized spacial score (nSPS) is 14.4. The molecule has 0 saturated carbocycles. The maximum absolute atomic E-state index is 14.6. The van der Waals surface area contributed by atoms with Crippen molar-refractivity contribution in [2.24, 2.45) is 5.92 Å². The van der Waals surface area contributed by atoms with Gasteiger partial charge in [0, 0.05) is 37.1 Å². The summed E-state index contributed by atoms with van der Waals surface area (Å²) >= 11 is 0. The monoisotopic (exact) mass is 456 g/mol. The van der Waals surface area contributed by atoms with Crippen molar-refractivity contribution < 1.29 is 22.7 Å². The van der Waals surface area contributed by atoms with Crippen molar-refractivity contribution in [3.8, 4) is 17.0 Å². The highest BCUT2D eigenvalue weighted by Crippen LogP contribution is 2.27. The van der Waals surface area contributed by atoms with E-state index in [4.69, 9.17) is 4.74 Å². The lowest BCUT2D eigenvalue weighted by Crippen LogP contribution is -2.36. The van der Waals surface area contributed by atoms with E-state index in [1.165, 1.54) is 6.20 Å². The molecule has 1 aromatic carbocycles. The van der Waals surface area contributed by atoms with Crippen LogP contribution in [-0.2, 0) is 6.42 Å². The fraction of sp³-hybridized carbons (Fsp3) is 0.333. The number of piperidine rings is 1. The molecule has 1 aliphatic heterocycles. The van der Waals surface area contributed by atoms with E-state index in [9.17, 15) is 18.0 Å². The second-order valence-electron chi connectivity index (χ2n) is 7.96. The summed E-state index contributed by atoms with van der Waals surface area (Å²) in [6, 6.07) is 2.90. The fourth-order valence-electron chi connectivity index (χ4n) is 3.75. The van der Waals surface area contributed by atoms with Gasteiger partial charge in [0.05, 0.1) is 18.4 Å². The number of carbonyl (C=O) groups excluding carboxylic acids is 1. The van der Waals surface area contributed by atoms with Gasteiger partial charge in [-0.2, -0.15) is 0 Å². The Bertz CT molecular complexity index is 1110. The quantitative estimate of drug-likeness (QED) is 0.483. The zero-order valence-corrected chi connectivity index (χ0v) is 18.1. The first-order chi connectivity index (χ1) is 16.0. The van der Waals surface area contributed by atoms with Gasteiger partial charge in [-0.3, -0.25) is 4.79 Å². The van der Waals surface area contributed by atoms with E-state index in [-0.39, 0.29) is 29.2 Å². The summed E-state index contributed by atoms with van der Waals surface area (Å²) < 4.78 is 48.0. The van der Waals surface area contributed by atoms with Crippen LogP contribution < -0.4 is 9.64 Å². The molecule has 3 aromatic rings. The van der Waals surface area contributed by atoms with Crippen LogP contribution in [0.5, 0.6) is 5.75 Å². The zero-order valence-electron chi connectivity index (χ0n) is 18.1. The van der Waals surface area contributed by atoms with Crippen LogP contribution in [0.25, 0.3) is 11.3 Å². The van der Waals surface area contributed by atoms with E-state index >= 15 is 0 Å². The number of carbonyl (C=O) groups is 1. The Morgan fingerprint density at radius 3 is 2.24 bits per heavy atom. The maximum atomic E-state index is 14.6. The van der Waals surface area contributed by atoms with Crippen LogP contribution in [0.4, 0.5) is 19.1 Å². The van der Waals surface area contributed by atoms with Gasteiger partial charge < -0.3 is 9.64 Å². The van der Waals surface area contributed by atoms with Crippen molar-refractivity contribution in [3.63, 3.8) is 0 Å². The van der Waals surface area contributed by atoms with Crippen LogP contribution >= 0.6 is 0 Å². The third-order valence-electron chi connectivity index (χ3n) is 5.77. The minimum Gasteiger partial charge on any atom is -0.492 e. The van der Waals surface area contributed by atoms with Crippen LogP contribution in [0, 0.1) is 23.4 Å². The fourth-order valence-corrected chi connectivity index (χ4v) is 3.75. The first-order valence-corrected chi connectivity index (χ1v) is 10.8. The van der Waals surface area contributed by atoms with Crippen LogP contribution in [0.1, 0.15) is 35.7 Å². The van der Waals surface area contributed by atoms with Crippen molar-refractivity contribution in [2.45, 2.75) is 26.2 Å². The van der Waals surface area contributed by atoms with Gasteiger partial charge in [-0.05, 0) is 42.9 Å². The highest BCUT2D eigenvalue weighted by atomic mass is 19.1. The predicted molar refractivity (Wildman–Crippen MR) is 117 cm³/mol. The minimum atomic E-state index is -1.07. The molecule has 3 heterocycles. The van der Waals surface area contributed by atoms with Crippen molar-refractivity contribution in [1.29, 1.82) is 0 Å². The molecule has 0 radical (unpaired) electrons. The third-order valence-corrected chi connectivity index (χ3v) is 5.77. The zero-order chi connectivity index (χ0) is 23.4. The van der Waals surface area contributed by atoms with Gasteiger partial charge >= 0.3 is 0 Å². The molecule has 1 saturated heterocycles. The van der Waals surface area contributed by atoms with Gasteiger partial charge in [0.1, 0.15) is 23.1 Å². The lowest BCUT2D eigenvalue weighted by atomic mass is 9.98. The topological polar surface area (TPSA) is 68.2 Å². The average molecular weight is 456 g/mol. The second-order valence-corrected chi connectivity index (χ2v) is 7.96. The Kier molecular flexibility index (Phi) is 6.86. The van der Waals surface area contributed by atoms with Crippen molar-refractivity contribution in [2.75, 3.05) is 24.6 Å². The number of benzene rings is 1. The molecule has 0 atom stereocenters. The predicted octanol–water partition coefficient (Wildman–Crippen LogP) is 4.63. The maximum Gasteiger partial charge on any atom is 0.225 e. The Balaban J connectivity index is 1.34. The molecule has 0 N–H and O–H groups in total. The molecule has 6 nitrogen and oxygen atoms in total. The first kappa shape index (κ1) is 22.7. The molecule has 9 heteroatoms. The number of aromatic nitrogens is 3. The van der Waals surface area contributed by atoms with E-state index in [1.807, 2.05) is 12.4 Å². The Morgan fingerprint density at radius 1 is 1.00 bits per heavy atom. The number of anilines is 1. The standard InChI is InChI=1S/C24H23F3N4O2/c1-2-15-10-29-24(30-11-15)31-5-3-16(4-6-31)14-33-18-9-22(27)23(28-12-18)17-7-20(25)19(13-32)21(26)8-17/h7-13,16H,2-6,14H2,1H3. The molecular weight excluding hydrogens is 433 g/mol. The molecule has 0 aliphatic carbocycles. The summed E-state index contributed by atoms with van der Waals surface area (Å²) in [5.41, 5.74) is 0.0815. The van der Waals surface area contributed by atoms with Gasteiger partial charge in [0.2, 0.25) is 5.95 Å². The Labute approximate surface area is 189 Å². The molecule has 1 fully saturated rings. The number of rotatable bonds is 7. The minimum absolute atomic E-state index is 0.0781. The highest BCUT2D eigenvalue weighted by molar-refractivity contribution is 5.77. The van der Waals surface area contributed by atoms with Gasteiger partial charge in [-0.1, -0.05) is 6.92 Å². The summed E-state index contributed by atoms with van der Waals surface area (Å²) in [4.78, 5) is 25.7. The summed E-state index contributed by atoms with van der Waals surface area (Å²) in [6.07, 6.45) is 7.76. The van der Waals surface area contributed by atoms with Crippen LogP contribution in [0.3, 0.4) is 0 Å². The largest absolute Gasteiger partial charge is 0.492 e. The second kappa shape index (κ2) is 9.97. The molecule has 33 heavy (non-hydrogen) atoms. The molecule has 0 bridgehead atoms. The third kappa shape index (κ3) is 5.13. The van der Waals surface area contributed by atoms with Crippen molar-refractivity contribution in [3.05, 3.63) is 65.4 Å². The van der Waals surface area contributed by atoms with Crippen molar-refractivity contribution >= 4 is 12.2 Å². The average Bonchev–Trinajstić information content (AvgIpc) is 2.83. The van der Waals surface area contributed by atoms with E-state index < -0.39 is 23.0 Å². The lowest BCUT2D eigenvalue weighted by molar-refractivity contribution is 0.111. The van der Waals surface area contributed by atoms with Crippen LogP contribution in [0.15, 0.2) is 36.8 Å². The molecule has 0 amide bonds. The number of aldehydes is 1. The number of pyridine rings is 1. The number of ether oxygens (including phenoxy) is 1. The smallest absolute Gasteiger partial charge is 0.225 e. The van der Waals surface area contributed by atoms with Crippen LogP contribution in [0.2, 0.25) is 0 Å². The number of hydrogen-bond acceptors (Lipinski definition) is 6. The van der Waals surface area contributed by atoms with Gasteiger partial charge in [0.25, 0.3) is 0 Å². The van der Waals surface area contributed by atoms with Gasteiger partial charge in [0.15, 0.2) is 12.1 Å². The highest BCUT2D eigenvalue weighted by Gasteiger charge is 2.22. The molecule has 4 rings (SSSR count). The number of hydrogen-bond donors (Lipinski definition) is 0. The summed E-state index contributed by atoms with van der Waals surface area (Å²) in [7, 11) is 0. The SMILES string of the molecule is CCc1cnc(N2CCC(COc3cnc(-c4cc(F)c(C=O)c(F)c4)c(F)c3)CC2)nc1. The van der Waals surface area contributed by atoms with E-state index in [1.54, 1.807) is 0 Å². The molecule has 2 aromatic heterocycles. The van der Waals surface area contributed by atoms with E-state index in [0.29, 0.717) is 6.61 Å². The molecular formula is C24H23F3N4O2. The molecule has 1 aliphatic rings. The Hall–Kier alpha value is -3.49. The first-order valence-electron chi connectivity index (χ1n) is 10.8. The van der Waals surface area contributed by atoms with E-state index in [2.05, 4.69) is 26.8 Å². The van der Waals surface area contributed by atoms with Gasteiger partial charge in [-0.25, -0.2) is 28.1 Å². The van der Waals surface area contributed by atoms with Crippen LogP contribution in [-0.4, -0.2) is 40.9 Å². The molecule has 0 spiro atoms. The molecule has 172 valence electrons. The lowest BCUT2D eigenvalue weighted by Gasteiger charge is -2.31. The van der Waals surface area contributed by atoms with Crippen molar-refractivity contribution in [1.82, 2.24) is 15.0 Å². The summed E-state index contributed by atoms with van der Waals surface area (Å²) in [5, 5.41) is 0. The molecule has 0 unspecified atom stereocenters. The van der Waals surface area contributed by atoms with E-state index in [0.717, 1.165) is 62.1 Å². The Morgan fingerprint density at radius 2 is 1.67 bits per heavy atom. The van der Waals surface area contributed by atoms with Gasteiger partial charge in [-0.15, -0.1) is 0 Å². The summed E-state index contributed by atoms with van der Waals surface area (Å²) in [6.45, 7) is 4.07. The summed E-state index contributed by atoms with van der Waals surface area (Å²) in [5.74, 6) is -1.66. The number of halogens is 3. The number of aryl methyl sites for hydroxylation is 1. The number of nitrogens with zero attached hydrogens (tertiary/aromatic N) is 4.